The highest BCUT2D eigenvalue weighted by molar-refractivity contribution is 14.1. The largest absolute Gasteiger partial charge is 0.293 e. The van der Waals surface area contributed by atoms with E-state index >= 15 is 0 Å². The van der Waals surface area contributed by atoms with Gasteiger partial charge in [-0.3, -0.25) is 4.79 Å². The highest BCUT2D eigenvalue weighted by Gasteiger charge is 2.27. The van der Waals surface area contributed by atoms with Crippen LogP contribution < -0.4 is 5.14 Å². The van der Waals surface area contributed by atoms with Crippen LogP contribution in [0.3, 0.4) is 0 Å². The molecule has 128 valence electrons. The first-order valence-corrected chi connectivity index (χ1v) is 11.4. The van der Waals surface area contributed by atoms with E-state index in [9.17, 15) is 21.6 Å². The molecule has 10 heteroatoms. The lowest BCUT2D eigenvalue weighted by Crippen LogP contribution is -2.21. The molecule has 6 nitrogen and oxygen atoms in total. The first kappa shape index (κ1) is 19.5. The van der Waals surface area contributed by atoms with Crippen LogP contribution in [0, 0.1) is 3.57 Å². The van der Waals surface area contributed by atoms with E-state index in [1.54, 1.807) is 6.07 Å². The van der Waals surface area contributed by atoms with Gasteiger partial charge in [0.2, 0.25) is 10.0 Å². The Bertz CT molecular complexity index is 1020. The van der Waals surface area contributed by atoms with Gasteiger partial charge in [0, 0.05) is 13.6 Å². The Morgan fingerprint density at radius 3 is 2.17 bits per heavy atom. The number of nitrogens with two attached hydrogens (primary N) is 1. The van der Waals surface area contributed by atoms with Gasteiger partial charge in [-0.1, -0.05) is 18.2 Å². The molecule has 0 fully saturated rings. The fourth-order valence-corrected chi connectivity index (χ4v) is 5.33. The fraction of sp³-hybridized carbons (Fsp3) is 0.0714. The standard InChI is InChI=1S/C14H11BrINO5S2/c15-10-7-9(5-6-11(10)16)12(18)8-23(19,20)13-3-1-2-4-14(13)24(17,21)22/h1-7H,8H2,(H2,17,21,22). The molecule has 0 atom stereocenters. The zero-order valence-corrected chi connectivity index (χ0v) is 17.3. The second-order valence-electron chi connectivity index (χ2n) is 4.80. The summed E-state index contributed by atoms with van der Waals surface area (Å²) in [5.74, 6) is -1.50. The normalized spacial score (nSPS) is 12.1. The number of sulfonamides is 1. The van der Waals surface area contributed by atoms with Gasteiger partial charge in [-0.15, -0.1) is 0 Å². The molecule has 0 spiro atoms. The minimum Gasteiger partial charge on any atom is -0.293 e. The van der Waals surface area contributed by atoms with Gasteiger partial charge in [0.25, 0.3) is 0 Å². The topological polar surface area (TPSA) is 111 Å². The SMILES string of the molecule is NS(=O)(=O)c1ccccc1S(=O)(=O)CC(=O)c1ccc(I)c(Br)c1. The summed E-state index contributed by atoms with van der Waals surface area (Å²) in [4.78, 5) is 11.3. The van der Waals surface area contributed by atoms with E-state index < -0.39 is 41.2 Å². The molecule has 0 aliphatic carbocycles. The molecule has 0 bridgehead atoms. The number of carbonyl (C=O) groups excluding carboxylic acids is 1. The van der Waals surface area contributed by atoms with Gasteiger partial charge >= 0.3 is 0 Å². The number of ketones is 1. The Balaban J connectivity index is 2.42. The van der Waals surface area contributed by atoms with Crippen LogP contribution in [0.15, 0.2) is 56.7 Å². The predicted molar refractivity (Wildman–Crippen MR) is 101 cm³/mol. The molecular weight excluding hydrogens is 533 g/mol. The zero-order valence-electron chi connectivity index (χ0n) is 11.9. The van der Waals surface area contributed by atoms with Crippen LogP contribution in [-0.2, 0) is 19.9 Å². The summed E-state index contributed by atoms with van der Waals surface area (Å²) in [6.07, 6.45) is 0. The lowest BCUT2D eigenvalue weighted by atomic mass is 10.2. The van der Waals surface area contributed by atoms with Gasteiger partial charge < -0.3 is 0 Å². The molecule has 2 rings (SSSR count). The van der Waals surface area contributed by atoms with Crippen LogP contribution in [0.25, 0.3) is 0 Å². The number of hydrogen-bond donors (Lipinski definition) is 1. The van der Waals surface area contributed by atoms with Crippen LogP contribution in [0.4, 0.5) is 0 Å². The molecule has 0 heterocycles. The van der Waals surface area contributed by atoms with Gasteiger partial charge in [-0.2, -0.15) is 0 Å². The molecule has 0 radical (unpaired) electrons. The van der Waals surface area contributed by atoms with Crippen molar-refractivity contribution in [2.24, 2.45) is 5.14 Å². The number of Topliss-reactive ketones (excluding diaryl/α,β-unsaturated/α-hetero) is 1. The minimum absolute atomic E-state index is 0.207. The number of halogens is 2. The molecule has 0 aliphatic rings. The first-order chi connectivity index (χ1) is 11.0. The number of carbonyl (C=O) groups is 1. The Morgan fingerprint density at radius 1 is 1.04 bits per heavy atom. The smallest absolute Gasteiger partial charge is 0.239 e. The van der Waals surface area contributed by atoms with E-state index in [1.807, 2.05) is 0 Å². The van der Waals surface area contributed by atoms with Crippen molar-refractivity contribution in [1.29, 1.82) is 0 Å². The third-order valence-corrected chi connectivity index (χ3v) is 8.16. The van der Waals surface area contributed by atoms with Gasteiger partial charge in [-0.05, 0) is 62.8 Å². The van der Waals surface area contributed by atoms with Crippen molar-refractivity contribution in [2.75, 3.05) is 5.75 Å². The third kappa shape index (κ3) is 4.42. The maximum atomic E-state index is 12.5. The highest BCUT2D eigenvalue weighted by Crippen LogP contribution is 2.23. The number of primary sulfonamides is 1. The quantitative estimate of drug-likeness (QED) is 0.459. The molecule has 0 amide bonds. The van der Waals surface area contributed by atoms with Crippen LogP contribution >= 0.6 is 38.5 Å². The molecule has 0 unspecified atom stereocenters. The minimum atomic E-state index is -4.23. The van der Waals surface area contributed by atoms with Crippen LogP contribution in [0.2, 0.25) is 0 Å². The Hall–Kier alpha value is -0.820. The van der Waals surface area contributed by atoms with Crippen LogP contribution in [0.5, 0.6) is 0 Å². The summed E-state index contributed by atoms with van der Waals surface area (Å²) < 4.78 is 49.6. The number of rotatable bonds is 5. The summed E-state index contributed by atoms with van der Waals surface area (Å²) in [5, 5.41) is 5.05. The van der Waals surface area contributed by atoms with E-state index in [2.05, 4.69) is 38.5 Å². The summed E-state index contributed by atoms with van der Waals surface area (Å²) >= 11 is 5.33. The van der Waals surface area contributed by atoms with E-state index in [1.165, 1.54) is 24.3 Å². The van der Waals surface area contributed by atoms with Crippen molar-refractivity contribution in [3.63, 3.8) is 0 Å². The van der Waals surface area contributed by atoms with Crippen molar-refractivity contribution >= 4 is 64.2 Å². The van der Waals surface area contributed by atoms with Crippen LogP contribution in [0.1, 0.15) is 10.4 Å². The molecule has 2 N–H and O–H groups in total. The Kier molecular flexibility index (Phi) is 5.85. The maximum Gasteiger partial charge on any atom is 0.239 e. The van der Waals surface area contributed by atoms with Crippen LogP contribution in [-0.4, -0.2) is 28.4 Å². The molecule has 0 saturated heterocycles. The summed E-state index contributed by atoms with van der Waals surface area (Å²) in [6, 6.07) is 9.63. The molecule has 0 saturated carbocycles. The second kappa shape index (κ2) is 7.20. The Morgan fingerprint density at radius 2 is 1.62 bits per heavy atom. The number of sulfone groups is 1. The average Bonchev–Trinajstić information content (AvgIpc) is 2.48. The summed E-state index contributed by atoms with van der Waals surface area (Å²) in [6.45, 7) is 0. The molecule has 0 aromatic heterocycles. The van der Waals surface area contributed by atoms with Crippen molar-refractivity contribution in [2.45, 2.75) is 9.79 Å². The number of hydrogen-bond acceptors (Lipinski definition) is 5. The van der Waals surface area contributed by atoms with Gasteiger partial charge in [0.1, 0.15) is 10.6 Å². The van der Waals surface area contributed by atoms with Crippen molar-refractivity contribution in [3.8, 4) is 0 Å². The summed E-state index contributed by atoms with van der Waals surface area (Å²) in [5.41, 5.74) is 0.207. The summed E-state index contributed by atoms with van der Waals surface area (Å²) in [7, 11) is -8.40. The molecule has 24 heavy (non-hydrogen) atoms. The average molecular weight is 544 g/mol. The highest BCUT2D eigenvalue weighted by atomic mass is 127. The second-order valence-corrected chi connectivity index (χ2v) is 10.3. The van der Waals surface area contributed by atoms with Gasteiger partial charge in [0.05, 0.1) is 4.90 Å². The molecule has 2 aromatic rings. The monoisotopic (exact) mass is 543 g/mol. The molecule has 2 aromatic carbocycles. The fourth-order valence-electron chi connectivity index (χ4n) is 1.95. The zero-order chi connectivity index (χ0) is 18.1. The van der Waals surface area contributed by atoms with E-state index in [0.29, 0.717) is 4.47 Å². The predicted octanol–water partition coefficient (Wildman–Crippen LogP) is 2.36. The van der Waals surface area contributed by atoms with Crippen molar-refractivity contribution < 1.29 is 21.6 Å². The lowest BCUT2D eigenvalue weighted by Gasteiger charge is -2.09. The van der Waals surface area contributed by atoms with Gasteiger partial charge in [0.15, 0.2) is 15.6 Å². The van der Waals surface area contributed by atoms with E-state index in [0.717, 1.165) is 15.7 Å². The lowest BCUT2D eigenvalue weighted by molar-refractivity contribution is 0.102. The Labute approximate surface area is 161 Å². The van der Waals surface area contributed by atoms with Crippen molar-refractivity contribution in [3.05, 3.63) is 56.1 Å². The van der Waals surface area contributed by atoms with Crippen molar-refractivity contribution in [1.82, 2.24) is 0 Å². The third-order valence-electron chi connectivity index (χ3n) is 3.05. The van der Waals surface area contributed by atoms with E-state index in [4.69, 9.17) is 5.14 Å². The van der Waals surface area contributed by atoms with Gasteiger partial charge in [-0.25, -0.2) is 22.0 Å². The molecule has 0 aliphatic heterocycles. The van der Waals surface area contributed by atoms with E-state index in [-0.39, 0.29) is 5.56 Å². The molecular formula is C14H11BrINO5S2. The maximum absolute atomic E-state index is 12.5. The number of benzene rings is 2. The first-order valence-electron chi connectivity index (χ1n) is 6.35.